The molecule has 1 unspecified atom stereocenters. The molecule has 4 N–H and O–H groups in total. The molecule has 0 bridgehead atoms. The third kappa shape index (κ3) is 3.87. The minimum absolute atomic E-state index is 0.198. The predicted octanol–water partition coefficient (Wildman–Crippen LogP) is 4.33. The molecule has 36 heavy (non-hydrogen) atoms. The van der Waals surface area contributed by atoms with E-state index in [0.29, 0.717) is 28.1 Å². The molecule has 5 rings (SSSR count). The number of carbonyl (C=O) groups is 2. The summed E-state index contributed by atoms with van der Waals surface area (Å²) in [6, 6.07) is 19.7. The fraction of sp³-hybridized carbons (Fsp3) is 0.207. The Kier molecular flexibility index (Phi) is 5.94. The highest BCUT2D eigenvalue weighted by Gasteiger charge is 2.50. The molecule has 7 heteroatoms. The Morgan fingerprint density at radius 1 is 1.14 bits per heavy atom. The molecular weight excluding hydrogens is 454 g/mol. The molecule has 1 aliphatic carbocycles. The molecular formula is C29H27N3O4. The normalized spacial score (nSPS) is 16.8. The van der Waals surface area contributed by atoms with Crippen LogP contribution in [0.3, 0.4) is 0 Å². The third-order valence-corrected chi connectivity index (χ3v) is 6.80. The number of ketones is 1. The van der Waals surface area contributed by atoms with Crippen molar-refractivity contribution in [2.24, 2.45) is 0 Å². The first-order valence-corrected chi connectivity index (χ1v) is 11.8. The number of hydrogen-bond donors (Lipinski definition) is 3. The Morgan fingerprint density at radius 3 is 2.72 bits per heavy atom. The Morgan fingerprint density at radius 2 is 1.97 bits per heavy atom. The van der Waals surface area contributed by atoms with Gasteiger partial charge in [0, 0.05) is 40.4 Å². The predicted molar refractivity (Wildman–Crippen MR) is 138 cm³/mol. The fourth-order valence-electron chi connectivity index (χ4n) is 4.93. The van der Waals surface area contributed by atoms with Crippen molar-refractivity contribution < 1.29 is 19.4 Å². The number of nitrogens with one attached hydrogen (secondary N) is 1. The van der Waals surface area contributed by atoms with Gasteiger partial charge in [-0.25, -0.2) is 0 Å². The van der Waals surface area contributed by atoms with Crippen LogP contribution in [0.25, 0.3) is 10.9 Å². The van der Waals surface area contributed by atoms with E-state index in [4.69, 9.17) is 10.5 Å². The lowest BCUT2D eigenvalue weighted by Gasteiger charge is -2.31. The van der Waals surface area contributed by atoms with Crippen molar-refractivity contribution in [3.63, 3.8) is 0 Å². The van der Waals surface area contributed by atoms with Gasteiger partial charge < -0.3 is 20.9 Å². The third-order valence-electron chi connectivity index (χ3n) is 6.80. The van der Waals surface area contributed by atoms with E-state index in [-0.39, 0.29) is 18.1 Å². The van der Waals surface area contributed by atoms with Gasteiger partial charge in [0.2, 0.25) is 0 Å². The molecule has 0 saturated carbocycles. The molecule has 1 heterocycles. The number of Topliss-reactive ketones (excluding diaryl/α,β-unsaturated/α-hetero) is 1. The zero-order chi connectivity index (χ0) is 25.4. The minimum Gasteiger partial charge on any atom is -0.467 e. The fourth-order valence-corrected chi connectivity index (χ4v) is 4.93. The van der Waals surface area contributed by atoms with Crippen LogP contribution in [0.1, 0.15) is 57.2 Å². The summed E-state index contributed by atoms with van der Waals surface area (Å²) in [5, 5.41) is 13.5. The number of nitrogens with two attached hydrogens (primary N) is 1. The molecule has 0 saturated heterocycles. The number of ether oxygens (including phenoxy) is 1. The number of anilines is 1. The van der Waals surface area contributed by atoms with Crippen molar-refractivity contribution >= 4 is 28.3 Å². The number of benzene rings is 3. The SMILES string of the molecule is CC(C)c1ccc(C2(NC(=O)c3ccc4ncccc4c3)Cc3cccc(N)c3C2=O)c(OCO)c1. The lowest BCUT2D eigenvalue weighted by Crippen LogP contribution is -2.51. The Balaban J connectivity index is 1.65. The zero-order valence-electron chi connectivity index (χ0n) is 20.1. The van der Waals surface area contributed by atoms with Crippen molar-refractivity contribution in [3.05, 3.63) is 101 Å². The molecule has 0 fully saturated rings. The van der Waals surface area contributed by atoms with E-state index in [1.165, 1.54) is 0 Å². The van der Waals surface area contributed by atoms with Gasteiger partial charge in [0.05, 0.1) is 5.52 Å². The maximum atomic E-state index is 14.1. The van der Waals surface area contributed by atoms with Gasteiger partial charge >= 0.3 is 0 Å². The van der Waals surface area contributed by atoms with Crippen molar-refractivity contribution in [1.29, 1.82) is 0 Å². The van der Waals surface area contributed by atoms with Crippen LogP contribution in [0, 0.1) is 0 Å². The van der Waals surface area contributed by atoms with Crippen LogP contribution in [0.4, 0.5) is 5.69 Å². The number of amides is 1. The topological polar surface area (TPSA) is 115 Å². The van der Waals surface area contributed by atoms with Gasteiger partial charge in [0.1, 0.15) is 11.3 Å². The standard InChI is InChI=1S/C29H27N3O4/c1-17(2)18-8-10-22(25(14-18)36-16-33)29(15-21-5-3-7-23(30)26(21)27(29)34)32-28(35)20-9-11-24-19(13-20)6-4-12-31-24/h3-14,17,33H,15-16,30H2,1-2H3,(H,32,35). The van der Waals surface area contributed by atoms with Crippen LogP contribution in [0.5, 0.6) is 5.75 Å². The summed E-state index contributed by atoms with van der Waals surface area (Å²) in [5.41, 5.74) is 8.86. The highest BCUT2D eigenvalue weighted by Crippen LogP contribution is 2.44. The maximum absolute atomic E-state index is 14.1. The molecule has 4 aromatic rings. The number of pyridine rings is 1. The van der Waals surface area contributed by atoms with Crippen molar-refractivity contribution in [3.8, 4) is 5.75 Å². The van der Waals surface area contributed by atoms with Gasteiger partial charge in [0.25, 0.3) is 5.91 Å². The Labute approximate surface area is 208 Å². The lowest BCUT2D eigenvalue weighted by molar-refractivity contribution is 0.0755. The molecule has 0 aliphatic heterocycles. The Bertz CT molecular complexity index is 1500. The number of nitrogen functional groups attached to an aromatic ring is 1. The van der Waals surface area contributed by atoms with E-state index >= 15 is 0 Å². The maximum Gasteiger partial charge on any atom is 0.252 e. The van der Waals surface area contributed by atoms with E-state index in [1.54, 1.807) is 48.7 Å². The highest BCUT2D eigenvalue weighted by molar-refractivity contribution is 6.14. The largest absolute Gasteiger partial charge is 0.467 e. The molecule has 7 nitrogen and oxygen atoms in total. The van der Waals surface area contributed by atoms with Crippen LogP contribution < -0.4 is 15.8 Å². The van der Waals surface area contributed by atoms with E-state index in [1.807, 2.05) is 38.1 Å². The summed E-state index contributed by atoms with van der Waals surface area (Å²) in [7, 11) is 0. The van der Waals surface area contributed by atoms with Crippen molar-refractivity contribution in [1.82, 2.24) is 10.3 Å². The van der Waals surface area contributed by atoms with Crippen LogP contribution in [0.15, 0.2) is 72.9 Å². The second-order valence-electron chi connectivity index (χ2n) is 9.34. The average Bonchev–Trinajstić information content (AvgIpc) is 3.16. The first-order chi connectivity index (χ1) is 17.3. The summed E-state index contributed by atoms with van der Waals surface area (Å²) in [5.74, 6) is -0.190. The number of rotatable bonds is 6. The summed E-state index contributed by atoms with van der Waals surface area (Å²) >= 11 is 0. The molecule has 1 aliphatic rings. The molecule has 182 valence electrons. The van der Waals surface area contributed by atoms with Crippen LogP contribution in [0.2, 0.25) is 0 Å². The zero-order valence-corrected chi connectivity index (χ0v) is 20.1. The lowest BCUT2D eigenvalue weighted by atomic mass is 9.83. The number of carbonyl (C=O) groups excluding carboxylic acids is 2. The summed E-state index contributed by atoms with van der Waals surface area (Å²) < 4.78 is 5.60. The molecule has 0 radical (unpaired) electrons. The minimum atomic E-state index is -1.46. The quantitative estimate of drug-likeness (QED) is 0.279. The summed E-state index contributed by atoms with van der Waals surface area (Å²) in [6.45, 7) is 3.52. The molecule has 1 aromatic heterocycles. The molecule has 0 spiro atoms. The number of aliphatic hydroxyl groups is 1. The number of aliphatic hydroxyl groups excluding tert-OH is 1. The second-order valence-corrected chi connectivity index (χ2v) is 9.34. The number of aromatic nitrogens is 1. The number of hydrogen-bond acceptors (Lipinski definition) is 6. The van der Waals surface area contributed by atoms with E-state index in [9.17, 15) is 14.7 Å². The molecule has 1 atom stereocenters. The summed E-state index contributed by atoms with van der Waals surface area (Å²) in [6.07, 6.45) is 1.90. The number of fused-ring (bicyclic) bond motifs is 2. The summed E-state index contributed by atoms with van der Waals surface area (Å²) in [4.78, 5) is 32.0. The van der Waals surface area contributed by atoms with E-state index in [0.717, 1.165) is 22.0 Å². The average molecular weight is 482 g/mol. The van der Waals surface area contributed by atoms with Crippen LogP contribution >= 0.6 is 0 Å². The van der Waals surface area contributed by atoms with Gasteiger partial charge in [-0.15, -0.1) is 0 Å². The first kappa shape index (κ1) is 23.5. The first-order valence-electron chi connectivity index (χ1n) is 11.8. The number of nitrogens with zero attached hydrogens (tertiary/aromatic N) is 1. The van der Waals surface area contributed by atoms with Crippen molar-refractivity contribution in [2.45, 2.75) is 31.7 Å². The molecule has 1 amide bonds. The Hall–Kier alpha value is -4.23. The van der Waals surface area contributed by atoms with Gasteiger partial charge in [0.15, 0.2) is 12.6 Å². The van der Waals surface area contributed by atoms with Gasteiger partial charge in [-0.1, -0.05) is 44.2 Å². The van der Waals surface area contributed by atoms with E-state index in [2.05, 4.69) is 10.3 Å². The van der Waals surface area contributed by atoms with Gasteiger partial charge in [-0.05, 0) is 53.4 Å². The van der Waals surface area contributed by atoms with Gasteiger partial charge in [-0.3, -0.25) is 14.6 Å². The van der Waals surface area contributed by atoms with Crippen LogP contribution in [-0.4, -0.2) is 28.6 Å². The molecule has 3 aromatic carbocycles. The monoisotopic (exact) mass is 481 g/mol. The van der Waals surface area contributed by atoms with Crippen molar-refractivity contribution in [2.75, 3.05) is 12.5 Å². The second kappa shape index (κ2) is 9.09. The van der Waals surface area contributed by atoms with E-state index < -0.39 is 18.2 Å². The highest BCUT2D eigenvalue weighted by atomic mass is 16.6. The smallest absolute Gasteiger partial charge is 0.252 e. The van der Waals surface area contributed by atoms with Gasteiger partial charge in [-0.2, -0.15) is 0 Å². The van der Waals surface area contributed by atoms with Crippen LogP contribution in [-0.2, 0) is 12.0 Å².